The lowest BCUT2D eigenvalue weighted by Crippen LogP contribution is -2.52. The predicted molar refractivity (Wildman–Crippen MR) is 81.1 cm³/mol. The first-order valence-corrected chi connectivity index (χ1v) is 9.96. The van der Waals surface area contributed by atoms with Gasteiger partial charge in [0.25, 0.3) is 0 Å². The van der Waals surface area contributed by atoms with Gasteiger partial charge in [0.05, 0.1) is 16.4 Å². The minimum Gasteiger partial charge on any atom is -0.329 e. The summed E-state index contributed by atoms with van der Waals surface area (Å²) >= 11 is 0. The molecule has 1 atom stereocenters. The van der Waals surface area contributed by atoms with Crippen molar-refractivity contribution in [3.05, 3.63) is 30.3 Å². The molecule has 0 unspecified atom stereocenters. The Morgan fingerprint density at radius 2 is 1.90 bits per heavy atom. The van der Waals surface area contributed by atoms with E-state index in [-0.39, 0.29) is 29.5 Å². The third-order valence-electron chi connectivity index (χ3n) is 3.75. The molecular formula is C13H20N2O4S2. The number of rotatable bonds is 5. The smallest absolute Gasteiger partial charge is 0.243 e. The zero-order valence-corrected chi connectivity index (χ0v) is 13.5. The zero-order valence-electron chi connectivity index (χ0n) is 11.9. The number of sulfone groups is 1. The lowest BCUT2D eigenvalue weighted by Gasteiger charge is -2.36. The molecule has 2 rings (SSSR count). The molecule has 1 aliphatic heterocycles. The summed E-state index contributed by atoms with van der Waals surface area (Å²) in [5.74, 6) is -0.152. The average Bonchev–Trinajstić information content (AvgIpc) is 2.71. The van der Waals surface area contributed by atoms with Crippen molar-refractivity contribution in [2.24, 2.45) is 5.73 Å². The fraction of sp³-hybridized carbons (Fsp3) is 0.538. The maximum absolute atomic E-state index is 12.8. The van der Waals surface area contributed by atoms with Gasteiger partial charge in [0, 0.05) is 18.6 Å². The van der Waals surface area contributed by atoms with Gasteiger partial charge in [-0.05, 0) is 25.5 Å². The van der Waals surface area contributed by atoms with Crippen molar-refractivity contribution in [3.63, 3.8) is 0 Å². The Bertz CT molecular complexity index is 701. The quantitative estimate of drug-likeness (QED) is 0.831. The molecule has 1 heterocycles. The van der Waals surface area contributed by atoms with E-state index in [2.05, 4.69) is 0 Å². The summed E-state index contributed by atoms with van der Waals surface area (Å²) in [5.41, 5.74) is 4.61. The van der Waals surface area contributed by atoms with Crippen LogP contribution in [0, 0.1) is 0 Å². The van der Waals surface area contributed by atoms with Crippen molar-refractivity contribution < 1.29 is 16.8 Å². The Morgan fingerprint density at radius 1 is 1.29 bits per heavy atom. The second-order valence-electron chi connectivity index (χ2n) is 5.52. The highest BCUT2D eigenvalue weighted by Crippen LogP contribution is 2.33. The Hall–Kier alpha value is -0.960. The molecule has 0 bridgehead atoms. The monoisotopic (exact) mass is 332 g/mol. The van der Waals surface area contributed by atoms with Gasteiger partial charge in [-0.1, -0.05) is 18.2 Å². The van der Waals surface area contributed by atoms with E-state index < -0.39 is 25.4 Å². The molecule has 21 heavy (non-hydrogen) atoms. The zero-order chi connectivity index (χ0) is 15.7. The van der Waals surface area contributed by atoms with Crippen molar-refractivity contribution in [2.75, 3.05) is 24.6 Å². The van der Waals surface area contributed by atoms with Gasteiger partial charge in [0.2, 0.25) is 10.0 Å². The fourth-order valence-corrected chi connectivity index (χ4v) is 6.77. The minimum absolute atomic E-state index is 0.00881. The first-order chi connectivity index (χ1) is 9.71. The first kappa shape index (κ1) is 16.4. The van der Waals surface area contributed by atoms with Gasteiger partial charge in [0.15, 0.2) is 9.84 Å². The number of hydrogen-bond acceptors (Lipinski definition) is 5. The normalized spacial score (nSPS) is 25.3. The van der Waals surface area contributed by atoms with Gasteiger partial charge in [-0.15, -0.1) is 0 Å². The molecule has 1 fully saturated rings. The van der Waals surface area contributed by atoms with Crippen molar-refractivity contribution in [2.45, 2.75) is 23.8 Å². The molecule has 0 aliphatic carbocycles. The van der Waals surface area contributed by atoms with Crippen LogP contribution >= 0.6 is 0 Å². The summed E-state index contributed by atoms with van der Waals surface area (Å²) < 4.78 is 50.4. The highest BCUT2D eigenvalue weighted by molar-refractivity contribution is 7.92. The van der Waals surface area contributed by atoms with Crippen LogP contribution in [-0.2, 0) is 19.9 Å². The topological polar surface area (TPSA) is 97.5 Å². The van der Waals surface area contributed by atoms with Crippen LogP contribution in [-0.4, -0.2) is 51.3 Å². The van der Waals surface area contributed by atoms with E-state index in [1.165, 1.54) is 16.4 Å². The summed E-state index contributed by atoms with van der Waals surface area (Å²) in [6.07, 6.45) is 0.293. The largest absolute Gasteiger partial charge is 0.329 e. The number of hydrogen-bond donors (Lipinski definition) is 1. The molecule has 0 amide bonds. The fourth-order valence-electron chi connectivity index (χ4n) is 2.71. The molecule has 6 nitrogen and oxygen atoms in total. The van der Waals surface area contributed by atoms with E-state index >= 15 is 0 Å². The van der Waals surface area contributed by atoms with Crippen molar-refractivity contribution in [1.29, 1.82) is 0 Å². The van der Waals surface area contributed by atoms with Crippen LogP contribution in [0.1, 0.15) is 13.3 Å². The standard InChI is InChI=1S/C13H20N2O4S2/c1-13(7-10-20(16,17)11-13)15(9-8-14)21(18,19)12-5-3-2-4-6-12/h2-6H,7-11,14H2,1H3/t13-/m1/s1. The molecular weight excluding hydrogens is 312 g/mol. The van der Waals surface area contributed by atoms with E-state index in [1.807, 2.05) is 0 Å². The van der Waals surface area contributed by atoms with Gasteiger partial charge < -0.3 is 5.73 Å². The highest BCUT2D eigenvalue weighted by Gasteiger charge is 2.47. The second kappa shape index (κ2) is 5.68. The number of benzene rings is 1. The SMILES string of the molecule is C[C@@]1(N(CCN)S(=O)(=O)c2ccccc2)CCS(=O)(=O)C1. The number of sulfonamides is 1. The van der Waals surface area contributed by atoms with Crippen LogP contribution in [0.5, 0.6) is 0 Å². The van der Waals surface area contributed by atoms with Crippen LogP contribution in [0.4, 0.5) is 0 Å². The minimum atomic E-state index is -3.77. The molecule has 1 aromatic rings. The van der Waals surface area contributed by atoms with Crippen molar-refractivity contribution >= 4 is 19.9 Å². The molecule has 1 saturated heterocycles. The Balaban J connectivity index is 2.45. The van der Waals surface area contributed by atoms with Crippen LogP contribution in [0.2, 0.25) is 0 Å². The molecule has 1 aliphatic rings. The van der Waals surface area contributed by atoms with Gasteiger partial charge in [-0.2, -0.15) is 4.31 Å². The highest BCUT2D eigenvalue weighted by atomic mass is 32.2. The van der Waals surface area contributed by atoms with Gasteiger partial charge in [-0.3, -0.25) is 0 Å². The third-order valence-corrected chi connectivity index (χ3v) is 7.71. The maximum atomic E-state index is 12.8. The first-order valence-electron chi connectivity index (χ1n) is 6.70. The number of nitrogens with zero attached hydrogens (tertiary/aromatic N) is 1. The molecule has 2 N–H and O–H groups in total. The van der Waals surface area contributed by atoms with Crippen LogP contribution in [0.25, 0.3) is 0 Å². The van der Waals surface area contributed by atoms with Gasteiger partial charge in [-0.25, -0.2) is 16.8 Å². The van der Waals surface area contributed by atoms with Gasteiger partial charge >= 0.3 is 0 Å². The molecule has 8 heteroatoms. The van der Waals surface area contributed by atoms with Crippen molar-refractivity contribution in [3.8, 4) is 0 Å². The van der Waals surface area contributed by atoms with E-state index in [0.29, 0.717) is 6.42 Å². The van der Waals surface area contributed by atoms with Gasteiger partial charge in [0.1, 0.15) is 0 Å². The second-order valence-corrected chi connectivity index (χ2v) is 9.56. The molecule has 0 saturated carbocycles. The molecule has 1 aromatic carbocycles. The summed E-state index contributed by atoms with van der Waals surface area (Å²) in [6.45, 7) is 1.92. The average molecular weight is 332 g/mol. The Labute approximate surface area is 125 Å². The Kier molecular flexibility index (Phi) is 4.44. The lowest BCUT2D eigenvalue weighted by atomic mass is 10.0. The molecule has 0 aromatic heterocycles. The summed E-state index contributed by atoms with van der Waals surface area (Å²) in [7, 11) is -6.97. The summed E-state index contributed by atoms with van der Waals surface area (Å²) in [6, 6.07) is 8.02. The number of nitrogens with two attached hydrogens (primary N) is 1. The lowest BCUT2D eigenvalue weighted by molar-refractivity contribution is 0.238. The molecule has 0 radical (unpaired) electrons. The third kappa shape index (κ3) is 3.28. The van der Waals surface area contributed by atoms with Crippen molar-refractivity contribution in [1.82, 2.24) is 4.31 Å². The summed E-state index contributed by atoms with van der Waals surface area (Å²) in [4.78, 5) is 0.156. The van der Waals surface area contributed by atoms with Crippen LogP contribution < -0.4 is 5.73 Å². The van der Waals surface area contributed by atoms with E-state index in [1.54, 1.807) is 25.1 Å². The maximum Gasteiger partial charge on any atom is 0.243 e. The van der Waals surface area contributed by atoms with E-state index in [4.69, 9.17) is 5.73 Å². The molecule has 0 spiro atoms. The van der Waals surface area contributed by atoms with E-state index in [9.17, 15) is 16.8 Å². The van der Waals surface area contributed by atoms with E-state index in [0.717, 1.165) is 0 Å². The Morgan fingerprint density at radius 3 is 2.38 bits per heavy atom. The van der Waals surface area contributed by atoms with Crippen LogP contribution in [0.15, 0.2) is 35.2 Å². The predicted octanol–water partition coefficient (Wildman–Crippen LogP) is 0.213. The van der Waals surface area contributed by atoms with Crippen LogP contribution in [0.3, 0.4) is 0 Å². The summed E-state index contributed by atoms with van der Waals surface area (Å²) in [5, 5.41) is 0. The molecule has 118 valence electrons.